The van der Waals surface area contributed by atoms with E-state index in [2.05, 4.69) is 43.0 Å². The molecule has 1 aromatic rings. The summed E-state index contributed by atoms with van der Waals surface area (Å²) in [6.45, 7) is 7.72. The number of hydrogen-bond donors (Lipinski definition) is 1. The van der Waals surface area contributed by atoms with Crippen LogP contribution in [-0.4, -0.2) is 24.5 Å². The van der Waals surface area contributed by atoms with E-state index in [1.54, 1.807) is 0 Å². The van der Waals surface area contributed by atoms with Crippen LogP contribution in [0.5, 0.6) is 0 Å². The van der Waals surface area contributed by atoms with Crippen molar-refractivity contribution >= 4 is 0 Å². The second-order valence-electron chi connectivity index (χ2n) is 6.07. The lowest BCUT2D eigenvalue weighted by Crippen LogP contribution is -2.36. The summed E-state index contributed by atoms with van der Waals surface area (Å²) < 4.78 is 0. The monoisotopic (exact) mass is 274 g/mol. The Kier molecular flexibility index (Phi) is 6.06. The quantitative estimate of drug-likeness (QED) is 0.886. The minimum atomic E-state index is 0.522. The normalized spacial score (nSPS) is 24.6. The number of likely N-dealkylation sites (tertiary alicyclic amines) is 1. The summed E-state index contributed by atoms with van der Waals surface area (Å²) >= 11 is 0. The number of rotatable bonds is 5. The number of aryl methyl sites for hydroxylation is 1. The Balaban J connectivity index is 2.27. The molecule has 1 fully saturated rings. The Bertz CT molecular complexity index is 385. The molecule has 1 aromatic carbocycles. The molecule has 0 amide bonds. The van der Waals surface area contributed by atoms with E-state index >= 15 is 0 Å². The predicted molar refractivity (Wildman–Crippen MR) is 86.8 cm³/mol. The van der Waals surface area contributed by atoms with E-state index in [0.29, 0.717) is 12.0 Å². The third-order valence-corrected chi connectivity index (χ3v) is 4.65. The van der Waals surface area contributed by atoms with E-state index < -0.39 is 0 Å². The third kappa shape index (κ3) is 3.62. The van der Waals surface area contributed by atoms with Gasteiger partial charge in [-0.25, -0.2) is 0 Å². The molecule has 0 aliphatic carbocycles. The van der Waals surface area contributed by atoms with Gasteiger partial charge in [-0.3, -0.25) is 4.90 Å². The zero-order chi connectivity index (χ0) is 14.4. The Morgan fingerprint density at radius 1 is 1.15 bits per heavy atom. The summed E-state index contributed by atoms with van der Waals surface area (Å²) in [5, 5.41) is 0. The van der Waals surface area contributed by atoms with Gasteiger partial charge in [-0.1, -0.05) is 44.5 Å². The van der Waals surface area contributed by atoms with Crippen LogP contribution in [0.3, 0.4) is 0 Å². The summed E-state index contributed by atoms with van der Waals surface area (Å²) in [5.74, 6) is 0.608. The van der Waals surface area contributed by atoms with Crippen LogP contribution in [0.1, 0.15) is 56.7 Å². The molecule has 20 heavy (non-hydrogen) atoms. The van der Waals surface area contributed by atoms with E-state index in [9.17, 15) is 0 Å². The average molecular weight is 274 g/mol. The number of nitrogens with zero attached hydrogens (tertiary/aromatic N) is 1. The fraction of sp³-hybridized carbons (Fsp3) is 0.667. The molecule has 112 valence electrons. The maximum Gasteiger partial charge on any atom is 0.0388 e. The van der Waals surface area contributed by atoms with Gasteiger partial charge < -0.3 is 5.73 Å². The van der Waals surface area contributed by atoms with Gasteiger partial charge in [0.15, 0.2) is 0 Å². The highest BCUT2D eigenvalue weighted by atomic mass is 15.2. The molecule has 2 rings (SSSR count). The molecule has 2 unspecified atom stereocenters. The molecule has 2 N–H and O–H groups in total. The summed E-state index contributed by atoms with van der Waals surface area (Å²) in [6.07, 6.45) is 6.26. The van der Waals surface area contributed by atoms with Crippen molar-refractivity contribution in [3.63, 3.8) is 0 Å². The first kappa shape index (κ1) is 15.5. The highest BCUT2D eigenvalue weighted by Gasteiger charge is 2.29. The van der Waals surface area contributed by atoms with Crippen molar-refractivity contribution in [2.24, 2.45) is 11.7 Å². The van der Waals surface area contributed by atoms with E-state index in [0.717, 1.165) is 13.0 Å². The van der Waals surface area contributed by atoms with E-state index in [1.807, 2.05) is 0 Å². The van der Waals surface area contributed by atoms with Crippen molar-refractivity contribution in [2.75, 3.05) is 19.6 Å². The number of hydrogen-bond acceptors (Lipinski definition) is 2. The molecule has 2 atom stereocenters. The highest BCUT2D eigenvalue weighted by molar-refractivity contribution is 5.26. The minimum Gasteiger partial charge on any atom is -0.330 e. The van der Waals surface area contributed by atoms with Crippen LogP contribution in [0, 0.1) is 5.92 Å². The highest BCUT2D eigenvalue weighted by Crippen LogP contribution is 2.34. The van der Waals surface area contributed by atoms with E-state index in [4.69, 9.17) is 5.73 Å². The Hall–Kier alpha value is -0.860. The maximum atomic E-state index is 6.09. The Morgan fingerprint density at radius 2 is 1.90 bits per heavy atom. The molecular formula is C18H30N2. The first-order chi connectivity index (χ1) is 9.80. The van der Waals surface area contributed by atoms with Crippen molar-refractivity contribution in [3.05, 3.63) is 35.4 Å². The summed E-state index contributed by atoms with van der Waals surface area (Å²) in [7, 11) is 0. The molecule has 2 heteroatoms. The lowest BCUT2D eigenvalue weighted by Gasteiger charge is -2.35. The zero-order valence-electron chi connectivity index (χ0n) is 13.1. The smallest absolute Gasteiger partial charge is 0.0388 e. The fourth-order valence-corrected chi connectivity index (χ4v) is 3.53. The second-order valence-corrected chi connectivity index (χ2v) is 6.07. The third-order valence-electron chi connectivity index (χ3n) is 4.65. The molecule has 1 aliphatic heterocycles. The van der Waals surface area contributed by atoms with Crippen LogP contribution in [0.25, 0.3) is 0 Å². The average Bonchev–Trinajstić information content (AvgIpc) is 2.70. The molecule has 1 aliphatic rings. The molecule has 0 bridgehead atoms. The van der Waals surface area contributed by atoms with Gasteiger partial charge in [0.2, 0.25) is 0 Å². The standard InChI is InChI=1S/C18H30N2/c1-3-12-20-13-6-5-7-17(14-19)18(20)16-10-8-15(4-2)9-11-16/h8-11,17-18H,3-7,12-14,19H2,1-2H3. The number of nitrogens with two attached hydrogens (primary N) is 1. The first-order valence-corrected chi connectivity index (χ1v) is 8.33. The largest absolute Gasteiger partial charge is 0.330 e. The molecule has 0 saturated carbocycles. The van der Waals surface area contributed by atoms with Gasteiger partial charge in [-0.2, -0.15) is 0 Å². The van der Waals surface area contributed by atoms with Crippen molar-refractivity contribution in [1.82, 2.24) is 4.90 Å². The molecule has 2 nitrogen and oxygen atoms in total. The lowest BCUT2D eigenvalue weighted by atomic mass is 9.88. The van der Waals surface area contributed by atoms with Gasteiger partial charge in [0.1, 0.15) is 0 Å². The van der Waals surface area contributed by atoms with Crippen molar-refractivity contribution in [3.8, 4) is 0 Å². The van der Waals surface area contributed by atoms with Gasteiger partial charge >= 0.3 is 0 Å². The van der Waals surface area contributed by atoms with Crippen LogP contribution in [0.4, 0.5) is 0 Å². The molecular weight excluding hydrogens is 244 g/mol. The van der Waals surface area contributed by atoms with Crippen LogP contribution in [0.2, 0.25) is 0 Å². The van der Waals surface area contributed by atoms with Crippen LogP contribution in [-0.2, 0) is 6.42 Å². The molecule has 0 aromatic heterocycles. The predicted octanol–water partition coefficient (Wildman–Crippen LogP) is 3.76. The maximum absolute atomic E-state index is 6.09. The summed E-state index contributed by atoms with van der Waals surface area (Å²) in [6, 6.07) is 9.77. The molecule has 0 spiro atoms. The topological polar surface area (TPSA) is 29.3 Å². The lowest BCUT2D eigenvalue weighted by molar-refractivity contribution is 0.158. The summed E-state index contributed by atoms with van der Waals surface area (Å²) in [5.41, 5.74) is 8.98. The van der Waals surface area contributed by atoms with Gasteiger partial charge in [-0.05, 0) is 62.4 Å². The van der Waals surface area contributed by atoms with Gasteiger partial charge in [0.05, 0.1) is 0 Å². The van der Waals surface area contributed by atoms with E-state index in [-0.39, 0.29) is 0 Å². The van der Waals surface area contributed by atoms with Crippen molar-refractivity contribution < 1.29 is 0 Å². The van der Waals surface area contributed by atoms with E-state index in [1.165, 1.54) is 49.9 Å². The Morgan fingerprint density at radius 3 is 2.50 bits per heavy atom. The van der Waals surface area contributed by atoms with Gasteiger partial charge in [0, 0.05) is 6.04 Å². The second kappa shape index (κ2) is 7.80. The fourth-order valence-electron chi connectivity index (χ4n) is 3.53. The van der Waals surface area contributed by atoms with Gasteiger partial charge in [-0.15, -0.1) is 0 Å². The SMILES string of the molecule is CCCN1CCCCC(CN)C1c1ccc(CC)cc1. The van der Waals surface area contributed by atoms with Crippen molar-refractivity contribution in [2.45, 2.75) is 52.0 Å². The van der Waals surface area contributed by atoms with Crippen LogP contribution < -0.4 is 5.73 Å². The minimum absolute atomic E-state index is 0.522. The number of benzene rings is 1. The van der Waals surface area contributed by atoms with Crippen molar-refractivity contribution in [1.29, 1.82) is 0 Å². The first-order valence-electron chi connectivity index (χ1n) is 8.33. The van der Waals surface area contributed by atoms with Crippen LogP contribution in [0.15, 0.2) is 24.3 Å². The van der Waals surface area contributed by atoms with Crippen LogP contribution >= 0.6 is 0 Å². The molecule has 1 saturated heterocycles. The Labute approximate surface area is 124 Å². The summed E-state index contributed by atoms with van der Waals surface area (Å²) in [4.78, 5) is 2.67. The zero-order valence-corrected chi connectivity index (χ0v) is 13.1. The molecule has 1 heterocycles. The van der Waals surface area contributed by atoms with Gasteiger partial charge in [0.25, 0.3) is 0 Å². The molecule has 0 radical (unpaired) electrons.